The summed E-state index contributed by atoms with van der Waals surface area (Å²) >= 11 is 3.71. The SMILES string of the molecule is COc1c(C(C)C)cc(Br)c(C)c1C1CCCCN1. The van der Waals surface area contributed by atoms with Gasteiger partial charge in [-0.2, -0.15) is 0 Å². The summed E-state index contributed by atoms with van der Waals surface area (Å²) in [5, 5.41) is 3.64. The van der Waals surface area contributed by atoms with E-state index in [1.165, 1.54) is 40.4 Å². The Hall–Kier alpha value is -0.540. The first kappa shape index (κ1) is 14.9. The first-order valence-electron chi connectivity index (χ1n) is 7.16. The van der Waals surface area contributed by atoms with Crippen LogP contribution < -0.4 is 10.1 Å². The molecule has 1 aromatic rings. The molecule has 106 valence electrons. The standard InChI is InChI=1S/C16H24BrNO/c1-10(2)12-9-13(17)11(3)15(16(12)19-4)14-7-5-6-8-18-14/h9-10,14,18H,5-8H2,1-4H3. The summed E-state index contributed by atoms with van der Waals surface area (Å²) in [6.45, 7) is 7.73. The number of hydrogen-bond donors (Lipinski definition) is 1. The average molecular weight is 326 g/mol. The predicted octanol–water partition coefficient (Wildman–Crippen LogP) is 4.70. The molecule has 2 nitrogen and oxygen atoms in total. The second-order valence-corrected chi connectivity index (χ2v) is 6.53. The van der Waals surface area contributed by atoms with Crippen LogP contribution in [0.2, 0.25) is 0 Å². The molecule has 0 radical (unpaired) electrons. The second kappa shape index (κ2) is 6.27. The van der Waals surface area contributed by atoms with Crippen LogP contribution in [-0.2, 0) is 0 Å². The zero-order valence-electron chi connectivity index (χ0n) is 12.3. The second-order valence-electron chi connectivity index (χ2n) is 5.68. The molecule has 1 N–H and O–H groups in total. The molecule has 1 fully saturated rings. The van der Waals surface area contributed by atoms with E-state index in [0.29, 0.717) is 12.0 Å². The summed E-state index contributed by atoms with van der Waals surface area (Å²) in [4.78, 5) is 0. The number of halogens is 1. The van der Waals surface area contributed by atoms with Crippen LogP contribution in [-0.4, -0.2) is 13.7 Å². The number of piperidine rings is 1. The van der Waals surface area contributed by atoms with Crippen LogP contribution in [0.3, 0.4) is 0 Å². The lowest BCUT2D eigenvalue weighted by atomic mass is 9.89. The third kappa shape index (κ3) is 2.97. The van der Waals surface area contributed by atoms with E-state index in [0.717, 1.165) is 12.3 Å². The van der Waals surface area contributed by atoms with E-state index in [4.69, 9.17) is 4.74 Å². The minimum Gasteiger partial charge on any atom is -0.496 e. The monoisotopic (exact) mass is 325 g/mol. The van der Waals surface area contributed by atoms with Crippen molar-refractivity contribution < 1.29 is 4.74 Å². The van der Waals surface area contributed by atoms with Crippen molar-refractivity contribution in [2.24, 2.45) is 0 Å². The van der Waals surface area contributed by atoms with Gasteiger partial charge in [0.2, 0.25) is 0 Å². The Balaban J connectivity index is 2.55. The third-order valence-electron chi connectivity index (χ3n) is 4.04. The highest BCUT2D eigenvalue weighted by atomic mass is 79.9. The smallest absolute Gasteiger partial charge is 0.127 e. The Morgan fingerprint density at radius 3 is 2.63 bits per heavy atom. The highest BCUT2D eigenvalue weighted by Gasteiger charge is 2.25. The molecule has 0 bridgehead atoms. The van der Waals surface area contributed by atoms with Gasteiger partial charge in [0.15, 0.2) is 0 Å². The van der Waals surface area contributed by atoms with Crippen molar-refractivity contribution in [3.63, 3.8) is 0 Å². The highest BCUT2D eigenvalue weighted by molar-refractivity contribution is 9.10. The first-order valence-corrected chi connectivity index (χ1v) is 7.95. The Kier molecular flexibility index (Phi) is 4.91. The van der Waals surface area contributed by atoms with Crippen molar-refractivity contribution in [1.82, 2.24) is 5.32 Å². The lowest BCUT2D eigenvalue weighted by Crippen LogP contribution is -2.28. The van der Waals surface area contributed by atoms with Gasteiger partial charge in [-0.1, -0.05) is 36.2 Å². The van der Waals surface area contributed by atoms with Gasteiger partial charge in [-0.25, -0.2) is 0 Å². The first-order chi connectivity index (χ1) is 9.06. The van der Waals surface area contributed by atoms with Crippen LogP contribution in [0.25, 0.3) is 0 Å². The summed E-state index contributed by atoms with van der Waals surface area (Å²) < 4.78 is 6.96. The molecular formula is C16H24BrNO. The van der Waals surface area contributed by atoms with Gasteiger partial charge >= 0.3 is 0 Å². The van der Waals surface area contributed by atoms with E-state index < -0.39 is 0 Å². The molecule has 19 heavy (non-hydrogen) atoms. The molecule has 1 aliphatic heterocycles. The summed E-state index contributed by atoms with van der Waals surface area (Å²) in [6, 6.07) is 2.64. The van der Waals surface area contributed by atoms with E-state index in [9.17, 15) is 0 Å². The van der Waals surface area contributed by atoms with Crippen LogP contribution >= 0.6 is 15.9 Å². The molecule has 0 aliphatic carbocycles. The maximum Gasteiger partial charge on any atom is 0.127 e. The van der Waals surface area contributed by atoms with E-state index in [1.54, 1.807) is 7.11 Å². The number of benzene rings is 1. The van der Waals surface area contributed by atoms with Gasteiger partial charge in [0.05, 0.1) is 7.11 Å². The fourth-order valence-electron chi connectivity index (χ4n) is 2.94. The van der Waals surface area contributed by atoms with Gasteiger partial charge in [-0.3, -0.25) is 0 Å². The molecule has 0 aromatic heterocycles. The Bertz CT molecular complexity index is 451. The number of ether oxygens (including phenoxy) is 1. The lowest BCUT2D eigenvalue weighted by molar-refractivity contribution is 0.368. The average Bonchev–Trinajstić information content (AvgIpc) is 2.41. The molecule has 1 aliphatic rings. The van der Waals surface area contributed by atoms with Crippen LogP contribution in [0.5, 0.6) is 5.75 Å². The number of rotatable bonds is 3. The Morgan fingerprint density at radius 2 is 2.11 bits per heavy atom. The maximum absolute atomic E-state index is 5.77. The topological polar surface area (TPSA) is 21.3 Å². The van der Waals surface area contributed by atoms with Crippen molar-refractivity contribution in [1.29, 1.82) is 0 Å². The molecule has 0 saturated carbocycles. The zero-order chi connectivity index (χ0) is 14.0. The van der Waals surface area contributed by atoms with Crippen LogP contribution in [0.1, 0.15) is 61.8 Å². The number of methoxy groups -OCH3 is 1. The molecule has 1 saturated heterocycles. The summed E-state index contributed by atoms with van der Waals surface area (Å²) in [6.07, 6.45) is 3.78. The highest BCUT2D eigenvalue weighted by Crippen LogP contribution is 2.41. The van der Waals surface area contributed by atoms with Crippen molar-refractivity contribution in [3.8, 4) is 5.75 Å². The predicted molar refractivity (Wildman–Crippen MR) is 84.1 cm³/mol. The van der Waals surface area contributed by atoms with E-state index in [-0.39, 0.29) is 0 Å². The number of nitrogens with one attached hydrogen (secondary N) is 1. The van der Waals surface area contributed by atoms with E-state index in [2.05, 4.69) is 48.1 Å². The largest absolute Gasteiger partial charge is 0.496 e. The van der Waals surface area contributed by atoms with E-state index in [1.807, 2.05) is 0 Å². The third-order valence-corrected chi connectivity index (χ3v) is 4.86. The van der Waals surface area contributed by atoms with Crippen molar-refractivity contribution in [3.05, 3.63) is 27.2 Å². The normalized spacial score (nSPS) is 19.8. The summed E-state index contributed by atoms with van der Waals surface area (Å²) in [7, 11) is 1.79. The quantitative estimate of drug-likeness (QED) is 0.869. The van der Waals surface area contributed by atoms with Gasteiger partial charge in [-0.05, 0) is 49.4 Å². The molecule has 1 heterocycles. The fraction of sp³-hybridized carbons (Fsp3) is 0.625. The van der Waals surface area contributed by atoms with Crippen molar-refractivity contribution in [2.75, 3.05) is 13.7 Å². The Labute approximate surface area is 125 Å². The molecular weight excluding hydrogens is 302 g/mol. The molecule has 1 unspecified atom stereocenters. The zero-order valence-corrected chi connectivity index (χ0v) is 13.9. The summed E-state index contributed by atoms with van der Waals surface area (Å²) in [5.41, 5.74) is 3.95. The van der Waals surface area contributed by atoms with Crippen LogP contribution in [0, 0.1) is 6.92 Å². The van der Waals surface area contributed by atoms with Gasteiger partial charge in [0.1, 0.15) is 5.75 Å². The number of hydrogen-bond acceptors (Lipinski definition) is 2. The minimum absolute atomic E-state index is 0.429. The lowest BCUT2D eigenvalue weighted by Gasteiger charge is -2.29. The molecule has 1 aromatic carbocycles. The van der Waals surface area contributed by atoms with Crippen LogP contribution in [0.15, 0.2) is 10.5 Å². The Morgan fingerprint density at radius 1 is 1.37 bits per heavy atom. The van der Waals surface area contributed by atoms with Gasteiger partial charge in [0.25, 0.3) is 0 Å². The molecule has 1 atom stereocenters. The fourth-order valence-corrected chi connectivity index (χ4v) is 3.40. The van der Waals surface area contributed by atoms with Crippen molar-refractivity contribution >= 4 is 15.9 Å². The van der Waals surface area contributed by atoms with Crippen molar-refractivity contribution in [2.45, 2.75) is 52.0 Å². The molecule has 3 heteroatoms. The maximum atomic E-state index is 5.77. The van der Waals surface area contributed by atoms with Gasteiger partial charge in [0, 0.05) is 16.1 Å². The minimum atomic E-state index is 0.429. The molecule has 0 amide bonds. The van der Waals surface area contributed by atoms with Gasteiger partial charge in [-0.15, -0.1) is 0 Å². The van der Waals surface area contributed by atoms with Crippen LogP contribution in [0.4, 0.5) is 0 Å². The van der Waals surface area contributed by atoms with Gasteiger partial charge < -0.3 is 10.1 Å². The summed E-state index contributed by atoms with van der Waals surface area (Å²) in [5.74, 6) is 1.55. The molecule has 2 rings (SSSR count). The molecule has 0 spiro atoms. The van der Waals surface area contributed by atoms with E-state index >= 15 is 0 Å².